The minimum atomic E-state index is -0.576. The van der Waals surface area contributed by atoms with E-state index in [9.17, 15) is 9.59 Å². The van der Waals surface area contributed by atoms with Crippen LogP contribution in [-0.4, -0.2) is 56.4 Å². The number of carbonyl (C=O) groups is 2. The number of rotatable bonds is 4. The average molecular weight is 440 g/mol. The van der Waals surface area contributed by atoms with E-state index in [-0.39, 0.29) is 30.0 Å². The molecule has 2 bridgehead atoms. The van der Waals surface area contributed by atoms with Crippen LogP contribution in [-0.2, 0) is 26.2 Å². The summed E-state index contributed by atoms with van der Waals surface area (Å²) < 4.78 is 16.5. The number of Topliss-reactive ketones (excluding diaryl/α,β-unsaturated/α-hetero) is 1. The van der Waals surface area contributed by atoms with Crippen LogP contribution in [0.2, 0.25) is 5.02 Å². The highest BCUT2D eigenvalue weighted by Gasteiger charge is 2.57. The van der Waals surface area contributed by atoms with Crippen LogP contribution in [0.3, 0.4) is 0 Å². The Hall–Kier alpha value is -1.76. The lowest BCUT2D eigenvalue weighted by molar-refractivity contribution is -0.131. The average Bonchev–Trinajstić information content (AvgIpc) is 2.71. The predicted molar refractivity (Wildman–Crippen MR) is 109 cm³/mol. The van der Waals surface area contributed by atoms with Gasteiger partial charge in [-0.15, -0.1) is 11.6 Å². The van der Waals surface area contributed by atoms with Gasteiger partial charge in [0.25, 0.3) is 0 Å². The third-order valence-corrected chi connectivity index (χ3v) is 7.14. The van der Waals surface area contributed by atoms with Crippen LogP contribution in [0.15, 0.2) is 17.9 Å². The number of likely N-dealkylation sites (tertiary alicyclic amines) is 1. The summed E-state index contributed by atoms with van der Waals surface area (Å²) in [6, 6.07) is 1.84. The zero-order valence-corrected chi connectivity index (χ0v) is 18.1. The van der Waals surface area contributed by atoms with E-state index in [0.29, 0.717) is 28.7 Å². The lowest BCUT2D eigenvalue weighted by Crippen LogP contribution is -2.60. The van der Waals surface area contributed by atoms with Crippen LogP contribution in [0.25, 0.3) is 0 Å². The van der Waals surface area contributed by atoms with Gasteiger partial charge < -0.3 is 19.1 Å². The third kappa shape index (κ3) is 3.04. The van der Waals surface area contributed by atoms with Gasteiger partial charge in [-0.05, 0) is 38.1 Å². The lowest BCUT2D eigenvalue weighted by atomic mass is 9.53. The van der Waals surface area contributed by atoms with Gasteiger partial charge in [0.2, 0.25) is 0 Å². The molecule has 3 aliphatic rings. The van der Waals surface area contributed by atoms with Crippen LogP contribution in [0.1, 0.15) is 24.0 Å². The van der Waals surface area contributed by atoms with Crippen molar-refractivity contribution >= 4 is 35.0 Å². The molecule has 4 rings (SSSR count). The summed E-state index contributed by atoms with van der Waals surface area (Å²) in [7, 11) is 5.11. The summed E-state index contributed by atoms with van der Waals surface area (Å²) >= 11 is 12.4. The number of ketones is 1. The highest BCUT2D eigenvalue weighted by Crippen LogP contribution is 2.59. The quantitative estimate of drug-likeness (QED) is 0.407. The van der Waals surface area contributed by atoms with Crippen molar-refractivity contribution in [1.29, 1.82) is 0 Å². The molecular weight excluding hydrogens is 417 g/mol. The Bertz CT molecular complexity index is 915. The zero-order chi connectivity index (χ0) is 20.9. The number of carbonyl (C=O) groups excluding carboxylic acids is 2. The Kier molecular flexibility index (Phi) is 5.30. The van der Waals surface area contributed by atoms with Crippen molar-refractivity contribution in [2.45, 2.75) is 30.7 Å². The molecule has 1 aromatic carbocycles. The second-order valence-corrected chi connectivity index (χ2v) is 8.54. The molecule has 0 radical (unpaired) electrons. The van der Waals surface area contributed by atoms with Crippen LogP contribution in [0.5, 0.6) is 11.5 Å². The predicted octanol–water partition coefficient (Wildman–Crippen LogP) is 3.11. The molecule has 0 unspecified atom stereocenters. The molecule has 0 spiro atoms. The number of ether oxygens (including phenoxy) is 3. The van der Waals surface area contributed by atoms with E-state index in [1.165, 1.54) is 14.2 Å². The van der Waals surface area contributed by atoms with Crippen LogP contribution < -0.4 is 9.47 Å². The molecule has 1 saturated heterocycles. The first kappa shape index (κ1) is 20.5. The van der Waals surface area contributed by atoms with Crippen molar-refractivity contribution in [3.63, 3.8) is 0 Å². The summed E-state index contributed by atoms with van der Waals surface area (Å²) in [5, 5.41) is 0.551. The first-order valence-electron chi connectivity index (χ1n) is 9.52. The number of likely N-dealkylation sites (N-methyl/N-ethyl adjacent to an activating group) is 1. The molecule has 1 fully saturated rings. The molecule has 29 heavy (non-hydrogen) atoms. The van der Waals surface area contributed by atoms with Gasteiger partial charge in [-0.1, -0.05) is 11.6 Å². The van der Waals surface area contributed by atoms with E-state index in [2.05, 4.69) is 11.9 Å². The van der Waals surface area contributed by atoms with Gasteiger partial charge >= 0.3 is 5.97 Å². The Morgan fingerprint density at radius 1 is 1.34 bits per heavy atom. The molecule has 0 saturated carbocycles. The normalized spacial score (nSPS) is 28.2. The second kappa shape index (κ2) is 7.49. The molecule has 1 aliphatic heterocycles. The molecule has 0 aromatic heterocycles. The summed E-state index contributed by atoms with van der Waals surface area (Å²) in [5.41, 5.74) is 1.17. The monoisotopic (exact) mass is 439 g/mol. The van der Waals surface area contributed by atoms with E-state index in [1.807, 2.05) is 6.08 Å². The Balaban J connectivity index is 2.01. The van der Waals surface area contributed by atoms with Gasteiger partial charge in [0.15, 0.2) is 23.0 Å². The number of nitrogens with zero attached hydrogens (tertiary/aromatic N) is 1. The summed E-state index contributed by atoms with van der Waals surface area (Å²) in [6.07, 6.45) is 3.61. The zero-order valence-electron chi connectivity index (χ0n) is 16.6. The van der Waals surface area contributed by atoms with Crippen LogP contribution in [0, 0.1) is 5.92 Å². The number of halogens is 2. The van der Waals surface area contributed by atoms with Gasteiger partial charge in [-0.3, -0.25) is 9.59 Å². The number of hydrogen-bond donors (Lipinski definition) is 0. The van der Waals surface area contributed by atoms with Crippen molar-refractivity contribution in [2.24, 2.45) is 5.92 Å². The molecule has 8 heteroatoms. The fourth-order valence-electron chi connectivity index (χ4n) is 5.28. The first-order valence-corrected chi connectivity index (χ1v) is 10.4. The smallest absolute Gasteiger partial charge is 0.326 e. The minimum Gasteiger partial charge on any atom is -0.493 e. The largest absolute Gasteiger partial charge is 0.493 e. The molecule has 1 aromatic rings. The number of piperidine rings is 1. The lowest BCUT2D eigenvalue weighted by Gasteiger charge is -2.56. The standard InChI is InChI=1S/C21H23Cl2NO5/c1-24-5-4-21-9-15(25)16(27-2)7-12(21)14(24)6-11-13(23)8-17(28-3)20(19(11)21)29-18(26)10-22/h7-8,12,14H,4-6,9-10H2,1-3H3/t12-,14+,21-/m0/s1. The van der Waals surface area contributed by atoms with Crippen molar-refractivity contribution in [1.82, 2.24) is 4.90 Å². The second-order valence-electron chi connectivity index (χ2n) is 7.87. The Morgan fingerprint density at radius 3 is 2.76 bits per heavy atom. The maximum atomic E-state index is 12.9. The Labute approximate surface area is 179 Å². The molecule has 0 N–H and O–H groups in total. The van der Waals surface area contributed by atoms with Gasteiger partial charge in [0, 0.05) is 40.4 Å². The maximum absolute atomic E-state index is 12.9. The van der Waals surface area contributed by atoms with E-state index in [0.717, 1.165) is 24.1 Å². The first-order chi connectivity index (χ1) is 13.9. The van der Waals surface area contributed by atoms with E-state index in [4.69, 9.17) is 37.4 Å². The highest BCUT2D eigenvalue weighted by atomic mass is 35.5. The molecule has 156 valence electrons. The van der Waals surface area contributed by atoms with Crippen LogP contribution >= 0.6 is 23.2 Å². The van der Waals surface area contributed by atoms with Crippen molar-refractivity contribution in [3.05, 3.63) is 34.1 Å². The SMILES string of the molecule is COC1=C[C@H]2[C@H]3Cc4c(Cl)cc(OC)c(OC(=O)CCl)c4[C@@]2(CCN3C)CC1=O. The molecule has 6 nitrogen and oxygen atoms in total. The fraction of sp³-hybridized carbons (Fsp3) is 0.524. The topological polar surface area (TPSA) is 65.1 Å². The molecule has 0 amide bonds. The number of allylic oxidation sites excluding steroid dienone is 1. The van der Waals surface area contributed by atoms with E-state index < -0.39 is 11.4 Å². The molecule has 1 heterocycles. The van der Waals surface area contributed by atoms with Crippen molar-refractivity contribution in [2.75, 3.05) is 33.7 Å². The molecule has 2 aliphatic carbocycles. The summed E-state index contributed by atoms with van der Waals surface area (Å²) in [4.78, 5) is 27.3. The number of benzene rings is 1. The van der Waals surface area contributed by atoms with Gasteiger partial charge in [0.05, 0.1) is 14.2 Å². The number of methoxy groups -OCH3 is 2. The summed E-state index contributed by atoms with van der Waals surface area (Å²) in [5.74, 6) is 0.191. The van der Waals surface area contributed by atoms with Crippen LogP contribution in [0.4, 0.5) is 0 Å². The van der Waals surface area contributed by atoms with Gasteiger partial charge in [0.1, 0.15) is 5.88 Å². The number of esters is 1. The van der Waals surface area contributed by atoms with E-state index in [1.54, 1.807) is 6.07 Å². The third-order valence-electron chi connectivity index (χ3n) is 6.59. The van der Waals surface area contributed by atoms with Crippen molar-refractivity contribution < 1.29 is 23.8 Å². The van der Waals surface area contributed by atoms with E-state index >= 15 is 0 Å². The van der Waals surface area contributed by atoms with Crippen molar-refractivity contribution in [3.8, 4) is 11.5 Å². The van der Waals surface area contributed by atoms with Gasteiger partial charge in [-0.25, -0.2) is 0 Å². The number of alkyl halides is 1. The Morgan fingerprint density at radius 2 is 2.10 bits per heavy atom. The van der Waals surface area contributed by atoms with Gasteiger partial charge in [-0.2, -0.15) is 0 Å². The maximum Gasteiger partial charge on any atom is 0.326 e. The minimum absolute atomic E-state index is 0.0260. The number of hydrogen-bond acceptors (Lipinski definition) is 6. The summed E-state index contributed by atoms with van der Waals surface area (Å²) in [6.45, 7) is 0.821. The number of fused-ring (bicyclic) bond motifs is 1. The molecule has 3 atom stereocenters. The highest BCUT2D eigenvalue weighted by molar-refractivity contribution is 6.32. The molecular formula is C21H23Cl2NO5. The fourth-order valence-corrected chi connectivity index (χ4v) is 5.60.